The van der Waals surface area contributed by atoms with Gasteiger partial charge in [-0.3, -0.25) is 4.79 Å². The molecule has 0 saturated carbocycles. The molecule has 1 aromatic carbocycles. The van der Waals surface area contributed by atoms with E-state index >= 15 is 0 Å². The maximum Gasteiger partial charge on any atom is 0.338 e. The van der Waals surface area contributed by atoms with Gasteiger partial charge in [0.25, 0.3) is 11.0 Å². The second-order valence-electron chi connectivity index (χ2n) is 5.49. The summed E-state index contributed by atoms with van der Waals surface area (Å²) in [4.78, 5) is 39.9. The topological polar surface area (TPSA) is 125 Å². The zero-order valence-electron chi connectivity index (χ0n) is 13.1. The lowest BCUT2D eigenvalue weighted by atomic mass is 10.1. The molecule has 130 valence electrons. The average molecular weight is 337 g/mol. The highest BCUT2D eigenvalue weighted by atomic mass is 16.9. The lowest BCUT2D eigenvalue weighted by molar-refractivity contribution is -0.763. The van der Waals surface area contributed by atoms with Gasteiger partial charge in [0.1, 0.15) is 6.61 Å². The third-order valence-corrected chi connectivity index (χ3v) is 3.75. The number of carbonyl (C=O) groups is 2. The van der Waals surface area contributed by atoms with Crippen LogP contribution in [0.3, 0.4) is 0 Å². The first-order valence-electron chi connectivity index (χ1n) is 7.52. The molecule has 2 rings (SSSR count). The highest BCUT2D eigenvalue weighted by Gasteiger charge is 2.21. The van der Waals surface area contributed by atoms with Crippen molar-refractivity contribution < 1.29 is 24.3 Å². The minimum Gasteiger partial charge on any atom is -0.452 e. The number of nitrogens with two attached hydrogens (primary N) is 1. The molecule has 1 heterocycles. The second-order valence-corrected chi connectivity index (χ2v) is 5.49. The van der Waals surface area contributed by atoms with E-state index < -0.39 is 11.1 Å². The number of amides is 1. The molecule has 1 aromatic rings. The van der Waals surface area contributed by atoms with E-state index in [0.29, 0.717) is 18.7 Å². The lowest BCUT2D eigenvalue weighted by Crippen LogP contribution is -2.44. The maximum atomic E-state index is 12.0. The summed E-state index contributed by atoms with van der Waals surface area (Å²) < 4.78 is 5.01. The number of likely N-dealkylation sites (tertiary alicyclic amines) is 1. The highest BCUT2D eigenvalue weighted by Crippen LogP contribution is 2.10. The molecule has 0 atom stereocenters. The zero-order chi connectivity index (χ0) is 17.5. The first-order chi connectivity index (χ1) is 11.5. The summed E-state index contributed by atoms with van der Waals surface area (Å²) in [5.74, 6) is -0.870. The van der Waals surface area contributed by atoms with Crippen molar-refractivity contribution in [3.05, 3.63) is 45.5 Å². The molecule has 24 heavy (non-hydrogen) atoms. The quantitative estimate of drug-likeness (QED) is 0.455. The van der Waals surface area contributed by atoms with Crippen LogP contribution >= 0.6 is 0 Å². The second kappa shape index (κ2) is 8.25. The summed E-state index contributed by atoms with van der Waals surface area (Å²) in [5.41, 5.74) is 6.58. The summed E-state index contributed by atoms with van der Waals surface area (Å²) in [5, 5.41) is 9.22. The van der Waals surface area contributed by atoms with Crippen molar-refractivity contribution in [1.29, 1.82) is 0 Å². The molecule has 1 fully saturated rings. The smallest absolute Gasteiger partial charge is 0.338 e. The Kier molecular flexibility index (Phi) is 6.07. The van der Waals surface area contributed by atoms with E-state index in [4.69, 9.17) is 10.5 Å². The highest BCUT2D eigenvalue weighted by molar-refractivity contribution is 5.91. The molecule has 0 bridgehead atoms. The molecule has 0 aliphatic carbocycles. The van der Waals surface area contributed by atoms with Gasteiger partial charge in [-0.15, -0.1) is 10.1 Å². The van der Waals surface area contributed by atoms with Crippen molar-refractivity contribution in [2.75, 3.05) is 19.7 Å². The van der Waals surface area contributed by atoms with Gasteiger partial charge in [0.15, 0.2) is 6.61 Å². The number of esters is 1. The number of carbonyl (C=O) groups excluding carboxylic acids is 2. The van der Waals surface area contributed by atoms with Gasteiger partial charge >= 0.3 is 5.97 Å². The van der Waals surface area contributed by atoms with Crippen LogP contribution in [0, 0.1) is 10.1 Å². The van der Waals surface area contributed by atoms with Crippen molar-refractivity contribution in [1.82, 2.24) is 4.90 Å². The number of rotatable bonds is 6. The van der Waals surface area contributed by atoms with Crippen molar-refractivity contribution in [2.24, 2.45) is 5.73 Å². The molecule has 1 amide bonds. The average Bonchev–Trinajstić information content (AvgIpc) is 2.58. The van der Waals surface area contributed by atoms with Gasteiger partial charge in [-0.05, 0) is 30.5 Å². The van der Waals surface area contributed by atoms with E-state index in [0.717, 1.165) is 12.8 Å². The van der Waals surface area contributed by atoms with Crippen LogP contribution in [0.25, 0.3) is 0 Å². The molecule has 9 heteroatoms. The fraction of sp³-hybridized carbons (Fsp3) is 0.467. The van der Waals surface area contributed by atoms with Crippen LogP contribution in [-0.2, 0) is 21.0 Å². The van der Waals surface area contributed by atoms with E-state index in [1.165, 1.54) is 24.3 Å². The summed E-state index contributed by atoms with van der Waals surface area (Å²) >= 11 is 0. The number of hydrogen-bond acceptors (Lipinski definition) is 7. The molecular formula is C15H19N3O6. The first kappa shape index (κ1) is 17.7. The Morgan fingerprint density at radius 3 is 2.46 bits per heavy atom. The Hall–Kier alpha value is -2.68. The molecule has 1 saturated heterocycles. The summed E-state index contributed by atoms with van der Waals surface area (Å²) in [6.45, 7) is 0.629. The summed E-state index contributed by atoms with van der Waals surface area (Å²) in [6, 6.07) is 6.09. The number of hydrogen-bond donors (Lipinski definition) is 1. The van der Waals surface area contributed by atoms with Crippen LogP contribution in [0.2, 0.25) is 0 Å². The lowest BCUT2D eigenvalue weighted by Gasteiger charge is -2.29. The SMILES string of the molecule is NC1CCN(C(=O)COC(=O)c2ccc(CO[N+](=O)[O-])cc2)CC1. The number of piperidine rings is 1. The molecular weight excluding hydrogens is 318 g/mol. The molecule has 0 radical (unpaired) electrons. The van der Waals surface area contributed by atoms with E-state index in [2.05, 4.69) is 4.84 Å². The minimum absolute atomic E-state index is 0.120. The zero-order valence-corrected chi connectivity index (χ0v) is 13.1. The largest absolute Gasteiger partial charge is 0.452 e. The maximum absolute atomic E-state index is 12.0. The molecule has 0 spiro atoms. The molecule has 1 aliphatic rings. The third kappa shape index (κ3) is 5.20. The Morgan fingerprint density at radius 2 is 1.88 bits per heavy atom. The van der Waals surface area contributed by atoms with Gasteiger partial charge in [0.2, 0.25) is 0 Å². The van der Waals surface area contributed by atoms with Gasteiger partial charge in [-0.2, -0.15) is 0 Å². The Balaban J connectivity index is 1.79. The van der Waals surface area contributed by atoms with Crippen LogP contribution in [-0.4, -0.2) is 47.6 Å². The third-order valence-electron chi connectivity index (χ3n) is 3.75. The van der Waals surface area contributed by atoms with Crippen molar-refractivity contribution in [3.8, 4) is 0 Å². The minimum atomic E-state index is -0.888. The van der Waals surface area contributed by atoms with Crippen molar-refractivity contribution >= 4 is 11.9 Å². The van der Waals surface area contributed by atoms with Gasteiger partial charge in [-0.1, -0.05) is 12.1 Å². The predicted molar refractivity (Wildman–Crippen MR) is 82.3 cm³/mol. The van der Waals surface area contributed by atoms with Crippen LogP contribution in [0.15, 0.2) is 24.3 Å². The van der Waals surface area contributed by atoms with E-state index in [1.807, 2.05) is 0 Å². The summed E-state index contributed by atoms with van der Waals surface area (Å²) in [6.07, 6.45) is 1.49. The van der Waals surface area contributed by atoms with Crippen molar-refractivity contribution in [2.45, 2.75) is 25.5 Å². The Bertz CT molecular complexity index is 596. The number of nitrogens with zero attached hydrogens (tertiary/aromatic N) is 2. The monoisotopic (exact) mass is 337 g/mol. The first-order valence-corrected chi connectivity index (χ1v) is 7.52. The molecule has 1 aliphatic heterocycles. The van der Waals surface area contributed by atoms with E-state index in [-0.39, 0.29) is 30.7 Å². The number of ether oxygens (including phenoxy) is 1. The number of benzene rings is 1. The Morgan fingerprint density at radius 1 is 1.25 bits per heavy atom. The van der Waals surface area contributed by atoms with Gasteiger partial charge in [-0.25, -0.2) is 4.79 Å². The van der Waals surface area contributed by atoms with Gasteiger partial charge in [0, 0.05) is 19.1 Å². The molecule has 0 unspecified atom stereocenters. The van der Waals surface area contributed by atoms with Crippen LogP contribution in [0.1, 0.15) is 28.8 Å². The molecule has 0 aromatic heterocycles. The predicted octanol–water partition coefficient (Wildman–Crippen LogP) is 0.501. The van der Waals surface area contributed by atoms with E-state index in [1.54, 1.807) is 4.90 Å². The fourth-order valence-electron chi connectivity index (χ4n) is 2.32. The normalized spacial score (nSPS) is 15.0. The standard InChI is InChI=1S/C15H19N3O6/c16-13-5-7-17(8-6-13)14(19)10-23-15(20)12-3-1-11(2-4-12)9-24-18(21)22/h1-4,13H,5-10,16H2. The molecule has 9 nitrogen and oxygen atoms in total. The van der Waals surface area contributed by atoms with Crippen molar-refractivity contribution in [3.63, 3.8) is 0 Å². The van der Waals surface area contributed by atoms with Gasteiger partial charge in [0.05, 0.1) is 5.56 Å². The van der Waals surface area contributed by atoms with E-state index in [9.17, 15) is 19.7 Å². The van der Waals surface area contributed by atoms with Crippen LogP contribution in [0.5, 0.6) is 0 Å². The molecule has 2 N–H and O–H groups in total. The Labute approximate surface area is 138 Å². The van der Waals surface area contributed by atoms with Crippen LogP contribution < -0.4 is 5.73 Å². The fourth-order valence-corrected chi connectivity index (χ4v) is 2.32. The summed E-state index contributed by atoms with van der Waals surface area (Å²) in [7, 11) is 0. The van der Waals surface area contributed by atoms with Crippen LogP contribution in [0.4, 0.5) is 0 Å². The van der Waals surface area contributed by atoms with Gasteiger partial charge < -0.3 is 20.2 Å².